The Kier molecular flexibility index (Phi) is 4.74. The van der Waals surface area contributed by atoms with Gasteiger partial charge in [0.1, 0.15) is 17.5 Å². The zero-order valence-corrected chi connectivity index (χ0v) is 11.0. The molecule has 2 rings (SSSR count). The van der Waals surface area contributed by atoms with Gasteiger partial charge in [0.15, 0.2) is 0 Å². The van der Waals surface area contributed by atoms with Crippen LogP contribution in [0.15, 0.2) is 36.7 Å². The summed E-state index contributed by atoms with van der Waals surface area (Å²) in [4.78, 5) is 3.76. The van der Waals surface area contributed by atoms with Crippen LogP contribution in [0.2, 0.25) is 0 Å². The van der Waals surface area contributed by atoms with E-state index in [1.54, 1.807) is 0 Å². The Morgan fingerprint density at radius 2 is 1.90 bits per heavy atom. The second-order valence-electron chi connectivity index (χ2n) is 4.49. The molecule has 20 heavy (non-hydrogen) atoms. The summed E-state index contributed by atoms with van der Waals surface area (Å²) in [5.74, 6) is -1.58. The van der Waals surface area contributed by atoms with E-state index in [0.717, 1.165) is 30.8 Å². The molecule has 2 aromatic rings. The van der Waals surface area contributed by atoms with Gasteiger partial charge in [0.2, 0.25) is 0 Å². The van der Waals surface area contributed by atoms with E-state index in [1.165, 1.54) is 12.3 Å². The lowest BCUT2D eigenvalue weighted by Gasteiger charge is -2.20. The molecule has 0 aliphatic rings. The Labute approximate surface area is 115 Å². The minimum Gasteiger partial charge on any atom is -0.306 e. The highest BCUT2D eigenvalue weighted by Crippen LogP contribution is 2.25. The van der Waals surface area contributed by atoms with Gasteiger partial charge in [0, 0.05) is 11.8 Å². The van der Waals surface area contributed by atoms with Crippen molar-refractivity contribution in [3.05, 3.63) is 65.2 Å². The lowest BCUT2D eigenvalue weighted by Crippen LogP contribution is -2.24. The van der Waals surface area contributed by atoms with Crippen LogP contribution in [-0.4, -0.2) is 11.5 Å². The topological polar surface area (TPSA) is 24.9 Å². The van der Waals surface area contributed by atoms with Crippen molar-refractivity contribution >= 4 is 0 Å². The van der Waals surface area contributed by atoms with Crippen molar-refractivity contribution in [3.8, 4) is 0 Å². The second kappa shape index (κ2) is 6.52. The summed E-state index contributed by atoms with van der Waals surface area (Å²) in [5, 5.41) is 3.08. The van der Waals surface area contributed by atoms with Crippen LogP contribution in [0.5, 0.6) is 0 Å². The van der Waals surface area contributed by atoms with Gasteiger partial charge in [-0.1, -0.05) is 6.92 Å². The van der Waals surface area contributed by atoms with Crippen molar-refractivity contribution in [1.82, 2.24) is 10.3 Å². The zero-order chi connectivity index (χ0) is 14.5. The molecule has 1 heterocycles. The van der Waals surface area contributed by atoms with Crippen molar-refractivity contribution in [2.24, 2.45) is 0 Å². The van der Waals surface area contributed by atoms with E-state index in [9.17, 15) is 13.2 Å². The number of aromatic nitrogens is 1. The van der Waals surface area contributed by atoms with Crippen molar-refractivity contribution < 1.29 is 13.2 Å². The van der Waals surface area contributed by atoms with Crippen LogP contribution < -0.4 is 5.32 Å². The van der Waals surface area contributed by atoms with Crippen molar-refractivity contribution in [2.75, 3.05) is 6.54 Å². The van der Waals surface area contributed by atoms with Crippen molar-refractivity contribution in [3.63, 3.8) is 0 Å². The van der Waals surface area contributed by atoms with E-state index in [0.29, 0.717) is 12.1 Å². The third-order valence-electron chi connectivity index (χ3n) is 2.93. The third kappa shape index (κ3) is 3.36. The van der Waals surface area contributed by atoms with Gasteiger partial charge in [-0.25, -0.2) is 13.2 Å². The highest BCUT2D eigenvalue weighted by atomic mass is 19.1. The first-order chi connectivity index (χ1) is 9.61. The van der Waals surface area contributed by atoms with Crippen molar-refractivity contribution in [1.29, 1.82) is 0 Å². The summed E-state index contributed by atoms with van der Waals surface area (Å²) < 4.78 is 40.5. The average Bonchev–Trinajstić information content (AvgIpc) is 2.43. The lowest BCUT2D eigenvalue weighted by molar-refractivity contribution is 0.530. The van der Waals surface area contributed by atoms with E-state index < -0.39 is 23.5 Å². The molecule has 1 aromatic carbocycles. The highest BCUT2D eigenvalue weighted by Gasteiger charge is 2.19. The fraction of sp³-hybridized carbons (Fsp3) is 0.267. The lowest BCUT2D eigenvalue weighted by atomic mass is 9.99. The molecule has 0 fully saturated rings. The Bertz CT molecular complexity index is 587. The van der Waals surface area contributed by atoms with E-state index >= 15 is 0 Å². The molecule has 106 valence electrons. The van der Waals surface area contributed by atoms with Gasteiger partial charge in [-0.05, 0) is 42.8 Å². The molecule has 0 amide bonds. The molecule has 0 aliphatic heterocycles. The van der Waals surface area contributed by atoms with Crippen LogP contribution in [0.3, 0.4) is 0 Å². The Morgan fingerprint density at radius 1 is 1.10 bits per heavy atom. The first-order valence-corrected chi connectivity index (χ1v) is 6.40. The standard InChI is InChI=1S/C15H15F3N2/c1-2-5-20-15(10-6-12(17)9-19-8-10)13-7-11(16)3-4-14(13)18/h3-4,6-9,15,20H,2,5H2,1H3. The maximum atomic E-state index is 13.9. The van der Waals surface area contributed by atoms with E-state index in [2.05, 4.69) is 10.3 Å². The fourth-order valence-corrected chi connectivity index (χ4v) is 2.02. The van der Waals surface area contributed by atoms with Crippen LogP contribution in [0.4, 0.5) is 13.2 Å². The van der Waals surface area contributed by atoms with Gasteiger partial charge >= 0.3 is 0 Å². The SMILES string of the molecule is CCCNC(c1cncc(F)c1)c1cc(F)ccc1F. The third-order valence-corrected chi connectivity index (χ3v) is 2.93. The van der Waals surface area contributed by atoms with E-state index in [-0.39, 0.29) is 5.56 Å². The Balaban J connectivity index is 2.44. The largest absolute Gasteiger partial charge is 0.306 e. The molecule has 5 heteroatoms. The maximum absolute atomic E-state index is 13.9. The van der Waals surface area contributed by atoms with Crippen molar-refractivity contribution in [2.45, 2.75) is 19.4 Å². The van der Waals surface area contributed by atoms with Crippen LogP contribution in [0.1, 0.15) is 30.5 Å². The van der Waals surface area contributed by atoms with Gasteiger partial charge < -0.3 is 5.32 Å². The summed E-state index contributed by atoms with van der Waals surface area (Å²) >= 11 is 0. The maximum Gasteiger partial charge on any atom is 0.141 e. The molecule has 0 aliphatic carbocycles. The summed E-state index contributed by atoms with van der Waals surface area (Å²) in [6.07, 6.45) is 3.33. The monoisotopic (exact) mass is 280 g/mol. The molecular formula is C15H15F3N2. The predicted molar refractivity (Wildman–Crippen MR) is 70.7 cm³/mol. The molecule has 0 spiro atoms. The Morgan fingerprint density at radius 3 is 2.60 bits per heavy atom. The smallest absolute Gasteiger partial charge is 0.141 e. The molecule has 0 saturated carbocycles. The number of hydrogen-bond donors (Lipinski definition) is 1. The van der Waals surface area contributed by atoms with E-state index in [4.69, 9.17) is 0 Å². The number of halogens is 3. The number of benzene rings is 1. The van der Waals surface area contributed by atoms with Gasteiger partial charge in [0.05, 0.1) is 12.2 Å². The molecule has 0 saturated heterocycles. The van der Waals surface area contributed by atoms with Gasteiger partial charge in [-0.3, -0.25) is 4.98 Å². The summed E-state index contributed by atoms with van der Waals surface area (Å²) in [7, 11) is 0. The molecule has 1 N–H and O–H groups in total. The number of hydrogen-bond acceptors (Lipinski definition) is 2. The summed E-state index contributed by atoms with van der Waals surface area (Å²) in [5.41, 5.74) is 0.605. The second-order valence-corrected chi connectivity index (χ2v) is 4.49. The zero-order valence-electron chi connectivity index (χ0n) is 11.0. The number of rotatable bonds is 5. The van der Waals surface area contributed by atoms with Crippen LogP contribution in [0, 0.1) is 17.5 Å². The van der Waals surface area contributed by atoms with Gasteiger partial charge in [-0.15, -0.1) is 0 Å². The van der Waals surface area contributed by atoms with Crippen LogP contribution >= 0.6 is 0 Å². The van der Waals surface area contributed by atoms with E-state index in [1.807, 2.05) is 6.92 Å². The number of nitrogens with zero attached hydrogens (tertiary/aromatic N) is 1. The van der Waals surface area contributed by atoms with Crippen LogP contribution in [-0.2, 0) is 0 Å². The first kappa shape index (κ1) is 14.5. The molecule has 0 radical (unpaired) electrons. The molecule has 0 bridgehead atoms. The highest BCUT2D eigenvalue weighted by molar-refractivity contribution is 5.31. The first-order valence-electron chi connectivity index (χ1n) is 6.40. The fourth-order valence-electron chi connectivity index (χ4n) is 2.02. The molecule has 1 aromatic heterocycles. The molecular weight excluding hydrogens is 265 g/mol. The molecule has 2 nitrogen and oxygen atoms in total. The molecule has 1 atom stereocenters. The predicted octanol–water partition coefficient (Wildman–Crippen LogP) is 3.59. The number of nitrogens with one attached hydrogen (secondary N) is 1. The minimum atomic E-state index is -0.631. The minimum absolute atomic E-state index is 0.144. The molecule has 1 unspecified atom stereocenters. The van der Waals surface area contributed by atoms with Gasteiger partial charge in [0.25, 0.3) is 0 Å². The normalized spacial score (nSPS) is 12.4. The summed E-state index contributed by atoms with van der Waals surface area (Å²) in [6, 6.07) is 3.88. The number of pyridine rings is 1. The quantitative estimate of drug-likeness (QED) is 0.905. The van der Waals surface area contributed by atoms with Crippen LogP contribution in [0.25, 0.3) is 0 Å². The summed E-state index contributed by atoms with van der Waals surface area (Å²) in [6.45, 7) is 2.55. The van der Waals surface area contributed by atoms with Gasteiger partial charge in [-0.2, -0.15) is 0 Å². The Hall–Kier alpha value is -1.88. The average molecular weight is 280 g/mol.